The first kappa shape index (κ1) is 14.7. The highest BCUT2D eigenvalue weighted by molar-refractivity contribution is 6.36. The second-order valence-corrected chi connectivity index (χ2v) is 6.39. The van der Waals surface area contributed by atoms with Crippen molar-refractivity contribution in [2.45, 2.75) is 12.3 Å². The maximum atomic E-state index is 6.71. The van der Waals surface area contributed by atoms with E-state index in [-0.39, 0.29) is 5.38 Å². The quantitative estimate of drug-likeness (QED) is 0.453. The zero-order valence-electron chi connectivity index (χ0n) is 11.4. The normalized spacial score (nSPS) is 12.6. The Morgan fingerprint density at radius 1 is 0.857 bits per heavy atom. The van der Waals surface area contributed by atoms with Crippen LogP contribution in [-0.2, 0) is 0 Å². The third-order valence-electron chi connectivity index (χ3n) is 3.53. The Labute approximate surface area is 139 Å². The molecule has 0 aliphatic rings. The lowest BCUT2D eigenvalue weighted by Gasteiger charge is -2.15. The van der Waals surface area contributed by atoms with E-state index in [0.717, 1.165) is 32.5 Å². The summed E-state index contributed by atoms with van der Waals surface area (Å²) in [6.07, 6.45) is 0. The van der Waals surface area contributed by atoms with Crippen LogP contribution in [0.15, 0.2) is 54.6 Å². The molecule has 0 aliphatic heterocycles. The third-order valence-corrected chi connectivity index (χ3v) is 4.57. The monoisotopic (exact) mass is 334 g/mol. The van der Waals surface area contributed by atoms with Crippen molar-refractivity contribution < 1.29 is 0 Å². The molecule has 1 atom stereocenters. The average molecular weight is 336 g/mol. The number of benzene rings is 3. The summed E-state index contributed by atoms with van der Waals surface area (Å²) < 4.78 is 0. The SMILES string of the molecule is Cc1cc(Cl)cc(C(Cl)c2ccc(Cl)c3ccccc23)c1. The molecule has 0 aromatic heterocycles. The average Bonchev–Trinajstić information content (AvgIpc) is 2.46. The highest BCUT2D eigenvalue weighted by atomic mass is 35.5. The molecule has 3 rings (SSSR count). The van der Waals surface area contributed by atoms with Crippen molar-refractivity contribution in [3.63, 3.8) is 0 Å². The first-order chi connectivity index (χ1) is 10.1. The summed E-state index contributed by atoms with van der Waals surface area (Å²) in [4.78, 5) is 0. The number of hydrogen-bond acceptors (Lipinski definition) is 0. The van der Waals surface area contributed by atoms with Gasteiger partial charge in [0.05, 0.1) is 5.38 Å². The maximum Gasteiger partial charge on any atom is 0.0842 e. The van der Waals surface area contributed by atoms with E-state index in [4.69, 9.17) is 34.8 Å². The van der Waals surface area contributed by atoms with Gasteiger partial charge in [-0.1, -0.05) is 59.6 Å². The minimum Gasteiger partial charge on any atom is -0.113 e. The number of halogens is 3. The largest absolute Gasteiger partial charge is 0.113 e. The van der Waals surface area contributed by atoms with Crippen LogP contribution in [0.25, 0.3) is 10.8 Å². The lowest BCUT2D eigenvalue weighted by Crippen LogP contribution is -1.96. The smallest absolute Gasteiger partial charge is 0.0842 e. The van der Waals surface area contributed by atoms with Gasteiger partial charge in [-0.3, -0.25) is 0 Å². The van der Waals surface area contributed by atoms with Crippen molar-refractivity contribution in [2.24, 2.45) is 0 Å². The number of fused-ring (bicyclic) bond motifs is 1. The van der Waals surface area contributed by atoms with Crippen LogP contribution in [0.1, 0.15) is 22.1 Å². The van der Waals surface area contributed by atoms with Gasteiger partial charge in [-0.25, -0.2) is 0 Å². The molecule has 0 radical (unpaired) electrons. The van der Waals surface area contributed by atoms with Gasteiger partial charge in [0.15, 0.2) is 0 Å². The molecule has 0 nitrogen and oxygen atoms in total. The van der Waals surface area contributed by atoms with Gasteiger partial charge in [-0.2, -0.15) is 0 Å². The molecule has 0 saturated carbocycles. The molecule has 0 amide bonds. The summed E-state index contributed by atoms with van der Waals surface area (Å²) in [6.45, 7) is 2.01. The van der Waals surface area contributed by atoms with Crippen LogP contribution < -0.4 is 0 Å². The van der Waals surface area contributed by atoms with Crippen molar-refractivity contribution >= 4 is 45.6 Å². The zero-order chi connectivity index (χ0) is 15.0. The van der Waals surface area contributed by atoms with Gasteiger partial charge in [-0.05, 0) is 47.2 Å². The van der Waals surface area contributed by atoms with E-state index < -0.39 is 0 Å². The minimum atomic E-state index is -0.260. The van der Waals surface area contributed by atoms with E-state index in [1.807, 2.05) is 55.5 Å². The number of hydrogen-bond donors (Lipinski definition) is 0. The molecule has 0 spiro atoms. The number of rotatable bonds is 2. The molecule has 3 aromatic rings. The van der Waals surface area contributed by atoms with Gasteiger partial charge in [0.1, 0.15) is 0 Å². The summed E-state index contributed by atoms with van der Waals surface area (Å²) in [5, 5.41) is 3.27. The predicted octanol–water partition coefficient (Wildman–Crippen LogP) is 6.78. The van der Waals surface area contributed by atoms with E-state index in [1.54, 1.807) is 0 Å². The number of aryl methyl sites for hydroxylation is 1. The fourth-order valence-corrected chi connectivity index (χ4v) is 3.44. The van der Waals surface area contributed by atoms with Crippen molar-refractivity contribution in [1.82, 2.24) is 0 Å². The molecular formula is C18H13Cl3. The van der Waals surface area contributed by atoms with Crippen molar-refractivity contribution in [1.29, 1.82) is 0 Å². The van der Waals surface area contributed by atoms with Crippen LogP contribution in [0.2, 0.25) is 10.0 Å². The molecule has 106 valence electrons. The Morgan fingerprint density at radius 2 is 1.57 bits per heavy atom. The molecule has 3 heteroatoms. The molecule has 0 fully saturated rings. The molecule has 1 unspecified atom stereocenters. The second kappa shape index (κ2) is 5.88. The molecule has 0 aliphatic carbocycles. The molecule has 0 N–H and O–H groups in total. The predicted molar refractivity (Wildman–Crippen MR) is 92.8 cm³/mol. The summed E-state index contributed by atoms with van der Waals surface area (Å²) in [6, 6.07) is 17.8. The fraction of sp³-hybridized carbons (Fsp3) is 0.111. The van der Waals surface area contributed by atoms with Crippen LogP contribution in [0.5, 0.6) is 0 Å². The zero-order valence-corrected chi connectivity index (χ0v) is 13.7. The van der Waals surface area contributed by atoms with Crippen molar-refractivity contribution in [2.75, 3.05) is 0 Å². The molecule has 3 aromatic carbocycles. The lowest BCUT2D eigenvalue weighted by atomic mass is 9.97. The molecular weight excluding hydrogens is 323 g/mol. The topological polar surface area (TPSA) is 0 Å². The van der Waals surface area contributed by atoms with Crippen LogP contribution >= 0.6 is 34.8 Å². The van der Waals surface area contributed by atoms with Crippen LogP contribution in [0, 0.1) is 6.92 Å². The van der Waals surface area contributed by atoms with Crippen LogP contribution in [-0.4, -0.2) is 0 Å². The highest BCUT2D eigenvalue weighted by Gasteiger charge is 2.15. The van der Waals surface area contributed by atoms with Crippen molar-refractivity contribution in [3.05, 3.63) is 81.3 Å². The molecule has 0 saturated heterocycles. The van der Waals surface area contributed by atoms with E-state index >= 15 is 0 Å². The summed E-state index contributed by atoms with van der Waals surface area (Å²) in [5.74, 6) is 0. The first-order valence-corrected chi connectivity index (χ1v) is 7.84. The lowest BCUT2D eigenvalue weighted by molar-refractivity contribution is 1.15. The summed E-state index contributed by atoms with van der Waals surface area (Å²) >= 11 is 19.1. The Morgan fingerprint density at radius 3 is 2.29 bits per heavy atom. The van der Waals surface area contributed by atoms with Gasteiger partial charge in [0, 0.05) is 15.4 Å². The summed E-state index contributed by atoms with van der Waals surface area (Å²) in [7, 11) is 0. The molecule has 0 heterocycles. The van der Waals surface area contributed by atoms with Gasteiger partial charge in [0.25, 0.3) is 0 Å². The Kier molecular flexibility index (Phi) is 4.12. The fourth-order valence-electron chi connectivity index (χ4n) is 2.60. The van der Waals surface area contributed by atoms with Crippen LogP contribution in [0.3, 0.4) is 0 Å². The Balaban J connectivity index is 2.18. The highest BCUT2D eigenvalue weighted by Crippen LogP contribution is 2.37. The molecule has 0 bridgehead atoms. The van der Waals surface area contributed by atoms with E-state index in [1.165, 1.54) is 0 Å². The second-order valence-electron chi connectivity index (χ2n) is 5.11. The third kappa shape index (κ3) is 2.89. The van der Waals surface area contributed by atoms with E-state index in [9.17, 15) is 0 Å². The van der Waals surface area contributed by atoms with Gasteiger partial charge in [0.2, 0.25) is 0 Å². The first-order valence-electron chi connectivity index (χ1n) is 6.64. The molecule has 21 heavy (non-hydrogen) atoms. The maximum absolute atomic E-state index is 6.71. The van der Waals surface area contributed by atoms with E-state index in [2.05, 4.69) is 6.07 Å². The standard InChI is InChI=1S/C18H13Cl3/c1-11-8-12(10-13(19)9-11)18(21)16-6-7-17(20)15-5-3-2-4-14(15)16/h2-10,18H,1H3. The Hall–Kier alpha value is -1.21. The van der Waals surface area contributed by atoms with Gasteiger partial charge < -0.3 is 0 Å². The number of alkyl halides is 1. The minimum absolute atomic E-state index is 0.260. The summed E-state index contributed by atoms with van der Waals surface area (Å²) in [5.41, 5.74) is 3.13. The van der Waals surface area contributed by atoms with Gasteiger partial charge in [-0.15, -0.1) is 11.6 Å². The van der Waals surface area contributed by atoms with Crippen LogP contribution in [0.4, 0.5) is 0 Å². The van der Waals surface area contributed by atoms with E-state index in [0.29, 0.717) is 5.02 Å². The van der Waals surface area contributed by atoms with Crippen molar-refractivity contribution in [3.8, 4) is 0 Å². The Bertz CT molecular complexity index is 788. The van der Waals surface area contributed by atoms with Gasteiger partial charge >= 0.3 is 0 Å².